The summed E-state index contributed by atoms with van der Waals surface area (Å²) in [6.45, 7) is 0. The maximum absolute atomic E-state index is 12.4. The van der Waals surface area contributed by atoms with Crippen molar-refractivity contribution in [1.29, 1.82) is 0 Å². The smallest absolute Gasteiger partial charge is 0.266 e. The van der Waals surface area contributed by atoms with Gasteiger partial charge in [0.05, 0.1) is 10.0 Å². The van der Waals surface area contributed by atoms with Crippen LogP contribution >= 0.6 is 45.9 Å². The number of hydrogen-bond acceptors (Lipinski definition) is 4. The molecule has 0 fully saturated rings. The molecule has 4 rings (SSSR count). The predicted octanol–water partition coefficient (Wildman–Crippen LogP) is 5.50. The van der Waals surface area contributed by atoms with Crippen molar-refractivity contribution in [2.45, 2.75) is 0 Å². The third-order valence-electron chi connectivity index (χ3n) is 3.77. The largest absolute Gasteiger partial charge is 0.281 e. The molecule has 2 aromatic carbocycles. The number of benzene rings is 2. The molecule has 0 aliphatic rings. The fraction of sp³-hybridized carbons (Fsp3) is 0. The lowest BCUT2D eigenvalue weighted by Crippen LogP contribution is -2.41. The Hall–Kier alpha value is -2.12. The molecule has 2 N–H and O–H groups in total. The van der Waals surface area contributed by atoms with Crippen molar-refractivity contribution in [3.8, 4) is 0 Å². The van der Waals surface area contributed by atoms with Crippen LogP contribution in [0.5, 0.6) is 0 Å². The number of rotatable bonds is 2. The maximum atomic E-state index is 12.4. The maximum Gasteiger partial charge on any atom is 0.281 e. The van der Waals surface area contributed by atoms with Crippen molar-refractivity contribution in [3.05, 3.63) is 68.3 Å². The van der Waals surface area contributed by atoms with Gasteiger partial charge in [0.15, 0.2) is 0 Å². The van der Waals surface area contributed by atoms with Crippen LogP contribution in [0.1, 0.15) is 19.3 Å². The molecule has 0 saturated carbocycles. The van der Waals surface area contributed by atoms with Crippen molar-refractivity contribution in [2.24, 2.45) is 0 Å². The normalized spacial score (nSPS) is 11.0. The van der Waals surface area contributed by atoms with Gasteiger partial charge in [-0.1, -0.05) is 59.6 Å². The molecular weight excluding hydrogens is 411 g/mol. The first-order valence-corrected chi connectivity index (χ1v) is 9.90. The first-order valence-electron chi connectivity index (χ1n) is 7.51. The summed E-state index contributed by atoms with van der Waals surface area (Å²) >= 11 is 15.1. The zero-order chi connectivity index (χ0) is 18.3. The van der Waals surface area contributed by atoms with Gasteiger partial charge in [0.1, 0.15) is 9.75 Å². The Balaban J connectivity index is 1.54. The molecule has 26 heavy (non-hydrogen) atoms. The molecule has 0 saturated heterocycles. The SMILES string of the molecule is O=C(NNC(=O)c1sc2ccccc2c1Cl)c1sc2ccccc2c1Cl. The van der Waals surface area contributed by atoms with E-state index >= 15 is 0 Å². The van der Waals surface area contributed by atoms with Crippen LogP contribution in [-0.4, -0.2) is 11.8 Å². The second-order valence-electron chi connectivity index (χ2n) is 5.39. The summed E-state index contributed by atoms with van der Waals surface area (Å²) in [6, 6.07) is 14.9. The molecule has 0 aliphatic carbocycles. The van der Waals surface area contributed by atoms with Gasteiger partial charge in [-0.3, -0.25) is 20.4 Å². The topological polar surface area (TPSA) is 58.2 Å². The number of hydrogen-bond donors (Lipinski definition) is 2. The summed E-state index contributed by atoms with van der Waals surface area (Å²) in [4.78, 5) is 25.5. The fourth-order valence-corrected chi connectivity index (χ4v) is 5.37. The van der Waals surface area contributed by atoms with Gasteiger partial charge in [-0.2, -0.15) is 0 Å². The van der Waals surface area contributed by atoms with Gasteiger partial charge in [-0.15, -0.1) is 22.7 Å². The number of amides is 2. The molecule has 0 radical (unpaired) electrons. The van der Waals surface area contributed by atoms with Crippen LogP contribution < -0.4 is 10.9 Å². The number of halogens is 2. The van der Waals surface area contributed by atoms with Gasteiger partial charge in [0, 0.05) is 20.2 Å². The highest BCUT2D eigenvalue weighted by molar-refractivity contribution is 7.22. The van der Waals surface area contributed by atoms with E-state index < -0.39 is 11.8 Å². The summed E-state index contributed by atoms with van der Waals surface area (Å²) in [5.74, 6) is -0.941. The average molecular weight is 421 g/mol. The van der Waals surface area contributed by atoms with Gasteiger partial charge < -0.3 is 0 Å². The van der Waals surface area contributed by atoms with Crippen molar-refractivity contribution in [2.75, 3.05) is 0 Å². The van der Waals surface area contributed by atoms with E-state index in [0.29, 0.717) is 19.8 Å². The molecular formula is C18H10Cl2N2O2S2. The second kappa shape index (κ2) is 6.89. The minimum Gasteiger partial charge on any atom is -0.266 e. The van der Waals surface area contributed by atoms with Crippen LogP contribution in [0.25, 0.3) is 20.2 Å². The number of thiophene rings is 2. The minimum absolute atomic E-state index is 0.343. The van der Waals surface area contributed by atoms with Crippen LogP contribution in [0.3, 0.4) is 0 Å². The molecule has 0 spiro atoms. The van der Waals surface area contributed by atoms with Gasteiger partial charge >= 0.3 is 0 Å². The fourth-order valence-electron chi connectivity index (χ4n) is 2.55. The van der Waals surface area contributed by atoms with Crippen molar-refractivity contribution in [3.63, 3.8) is 0 Å². The number of fused-ring (bicyclic) bond motifs is 2. The van der Waals surface area contributed by atoms with E-state index in [1.807, 2.05) is 48.5 Å². The number of hydrazine groups is 1. The molecule has 8 heteroatoms. The Morgan fingerprint density at radius 3 is 1.46 bits per heavy atom. The predicted molar refractivity (Wildman–Crippen MR) is 109 cm³/mol. The van der Waals surface area contributed by atoms with E-state index in [1.54, 1.807) is 0 Å². The lowest BCUT2D eigenvalue weighted by atomic mass is 10.2. The average Bonchev–Trinajstić information content (AvgIpc) is 3.18. The van der Waals surface area contributed by atoms with E-state index in [2.05, 4.69) is 10.9 Å². The molecule has 2 amide bonds. The van der Waals surface area contributed by atoms with E-state index in [1.165, 1.54) is 22.7 Å². The molecule has 4 aromatic rings. The Morgan fingerprint density at radius 1 is 0.692 bits per heavy atom. The second-order valence-corrected chi connectivity index (χ2v) is 8.25. The molecule has 4 nitrogen and oxygen atoms in total. The summed E-state index contributed by atoms with van der Waals surface area (Å²) in [6.07, 6.45) is 0. The first-order chi connectivity index (χ1) is 12.6. The Bertz CT molecular complexity index is 1070. The zero-order valence-electron chi connectivity index (χ0n) is 13.0. The van der Waals surface area contributed by atoms with Gasteiger partial charge in [-0.25, -0.2) is 0 Å². The molecule has 130 valence electrons. The standard InChI is InChI=1S/C18H10Cl2N2O2S2/c19-13-9-5-1-3-7-11(9)25-15(13)17(23)21-22-18(24)16-14(20)10-6-2-4-8-12(10)26-16/h1-8H,(H,21,23)(H,22,24). The molecule has 0 unspecified atom stereocenters. The molecule has 0 atom stereocenters. The van der Waals surface area contributed by atoms with Crippen LogP contribution in [-0.2, 0) is 0 Å². The Labute approximate surface area is 166 Å². The summed E-state index contributed by atoms with van der Waals surface area (Å²) in [5, 5.41) is 2.36. The summed E-state index contributed by atoms with van der Waals surface area (Å²) in [5.41, 5.74) is 4.81. The van der Waals surface area contributed by atoms with Crippen LogP contribution in [0.4, 0.5) is 0 Å². The Morgan fingerprint density at radius 2 is 1.08 bits per heavy atom. The quantitative estimate of drug-likeness (QED) is 0.420. The minimum atomic E-state index is -0.471. The van der Waals surface area contributed by atoms with Crippen molar-refractivity contribution < 1.29 is 9.59 Å². The van der Waals surface area contributed by atoms with Crippen molar-refractivity contribution >= 4 is 77.9 Å². The number of carbonyl (C=O) groups excluding carboxylic acids is 2. The monoisotopic (exact) mass is 420 g/mol. The Kier molecular flexibility index (Phi) is 4.58. The van der Waals surface area contributed by atoms with Crippen LogP contribution in [0.15, 0.2) is 48.5 Å². The van der Waals surface area contributed by atoms with E-state index in [0.717, 1.165) is 20.2 Å². The third kappa shape index (κ3) is 2.95. The van der Waals surface area contributed by atoms with Crippen molar-refractivity contribution in [1.82, 2.24) is 10.9 Å². The highest BCUT2D eigenvalue weighted by Gasteiger charge is 2.20. The third-order valence-corrected chi connectivity index (χ3v) is 7.12. The lowest BCUT2D eigenvalue weighted by Gasteiger charge is -2.05. The molecule has 0 aliphatic heterocycles. The van der Waals surface area contributed by atoms with E-state index in [-0.39, 0.29) is 0 Å². The molecule has 2 heterocycles. The molecule has 2 aromatic heterocycles. The summed E-state index contributed by atoms with van der Waals surface area (Å²) < 4.78 is 1.81. The van der Waals surface area contributed by atoms with Crippen LogP contribution in [0.2, 0.25) is 10.0 Å². The lowest BCUT2D eigenvalue weighted by molar-refractivity contribution is 0.0851. The number of nitrogens with one attached hydrogen (secondary N) is 2. The van der Waals surface area contributed by atoms with Crippen LogP contribution in [0, 0.1) is 0 Å². The van der Waals surface area contributed by atoms with Gasteiger partial charge in [0.25, 0.3) is 11.8 Å². The first kappa shape index (κ1) is 17.3. The highest BCUT2D eigenvalue weighted by Crippen LogP contribution is 2.36. The highest BCUT2D eigenvalue weighted by atomic mass is 35.5. The van der Waals surface area contributed by atoms with E-state index in [4.69, 9.17) is 23.2 Å². The van der Waals surface area contributed by atoms with E-state index in [9.17, 15) is 9.59 Å². The number of carbonyl (C=O) groups is 2. The summed E-state index contributed by atoms with van der Waals surface area (Å²) in [7, 11) is 0. The molecule has 0 bridgehead atoms. The zero-order valence-corrected chi connectivity index (χ0v) is 16.2. The van der Waals surface area contributed by atoms with Gasteiger partial charge in [-0.05, 0) is 12.1 Å². The van der Waals surface area contributed by atoms with Gasteiger partial charge in [0.2, 0.25) is 0 Å².